The molecule has 3 aromatic rings. The number of aromatic nitrogens is 5. The lowest BCUT2D eigenvalue weighted by molar-refractivity contribution is -0.123. The molecule has 2 N–H and O–H groups in total. The lowest BCUT2D eigenvalue weighted by Gasteiger charge is -2.21. The zero-order valence-electron chi connectivity index (χ0n) is 17.0. The van der Waals surface area contributed by atoms with E-state index >= 15 is 0 Å². The van der Waals surface area contributed by atoms with Gasteiger partial charge in [-0.1, -0.05) is 23.8 Å². The number of hydrogen-bond donors (Lipinski definition) is 2. The number of rotatable bonds is 5. The molecule has 0 spiro atoms. The Bertz CT molecular complexity index is 1110. The minimum absolute atomic E-state index is 0.101. The Balaban J connectivity index is 1.56. The molecule has 0 fully saturated rings. The summed E-state index contributed by atoms with van der Waals surface area (Å²) >= 11 is 0. The number of carbonyl (C=O) groups excluding carboxylic acids is 1. The number of fused-ring (bicyclic) bond motifs is 1. The van der Waals surface area contributed by atoms with Crippen molar-refractivity contribution in [1.82, 2.24) is 29.9 Å². The quantitative estimate of drug-likeness (QED) is 0.691. The topological polar surface area (TPSA) is 97.6 Å². The van der Waals surface area contributed by atoms with E-state index in [9.17, 15) is 9.59 Å². The minimum atomic E-state index is -0.413. The molecule has 29 heavy (non-hydrogen) atoms. The molecule has 1 aromatic carbocycles. The smallest absolute Gasteiger partial charge is 0.346 e. The summed E-state index contributed by atoms with van der Waals surface area (Å²) in [6.07, 6.45) is 3.19. The molecule has 0 saturated carbocycles. The summed E-state index contributed by atoms with van der Waals surface area (Å²) in [6.45, 7) is 7.41. The summed E-state index contributed by atoms with van der Waals surface area (Å²) in [4.78, 5) is 25.7. The second kappa shape index (κ2) is 7.69. The molecule has 8 heteroatoms. The van der Waals surface area contributed by atoms with E-state index in [1.807, 2.05) is 20.8 Å². The summed E-state index contributed by atoms with van der Waals surface area (Å²) in [5.41, 5.74) is 5.08. The van der Waals surface area contributed by atoms with Crippen LogP contribution in [0, 0.1) is 20.8 Å². The number of carbonyl (C=O) groups is 1. The maximum atomic E-state index is 12.9. The first-order chi connectivity index (χ1) is 13.9. The number of benzene rings is 1. The summed E-state index contributed by atoms with van der Waals surface area (Å²) in [5, 5.41) is 14.4. The van der Waals surface area contributed by atoms with Gasteiger partial charge in [0, 0.05) is 24.3 Å². The van der Waals surface area contributed by atoms with Gasteiger partial charge in [-0.05, 0) is 44.7 Å². The van der Waals surface area contributed by atoms with Crippen LogP contribution in [-0.2, 0) is 24.4 Å². The van der Waals surface area contributed by atoms with Crippen molar-refractivity contribution in [1.29, 1.82) is 0 Å². The fourth-order valence-electron chi connectivity index (χ4n) is 3.85. The number of aromatic amines is 1. The van der Waals surface area contributed by atoms with Crippen molar-refractivity contribution in [3.63, 3.8) is 0 Å². The van der Waals surface area contributed by atoms with Crippen LogP contribution in [0.3, 0.4) is 0 Å². The van der Waals surface area contributed by atoms with Crippen molar-refractivity contribution in [3.8, 4) is 0 Å². The fraction of sp³-hybridized carbons (Fsp3) is 0.429. The fourth-order valence-corrected chi connectivity index (χ4v) is 3.85. The Morgan fingerprint density at radius 1 is 1.28 bits per heavy atom. The molecule has 1 aliphatic rings. The van der Waals surface area contributed by atoms with Gasteiger partial charge in [0.1, 0.15) is 5.82 Å². The van der Waals surface area contributed by atoms with Crippen molar-refractivity contribution in [3.05, 3.63) is 68.7 Å². The van der Waals surface area contributed by atoms with Crippen molar-refractivity contribution in [2.24, 2.45) is 0 Å². The number of amides is 1. The Morgan fingerprint density at radius 3 is 2.86 bits per heavy atom. The number of nitrogens with zero attached hydrogens (tertiary/aromatic N) is 4. The van der Waals surface area contributed by atoms with Gasteiger partial charge in [0.05, 0.1) is 18.7 Å². The lowest BCUT2D eigenvalue weighted by atomic mass is 9.98. The average molecular weight is 394 g/mol. The lowest BCUT2D eigenvalue weighted by Crippen LogP contribution is -2.35. The molecule has 1 aliphatic heterocycles. The van der Waals surface area contributed by atoms with Crippen LogP contribution in [0.4, 0.5) is 0 Å². The van der Waals surface area contributed by atoms with Crippen LogP contribution in [0.5, 0.6) is 0 Å². The van der Waals surface area contributed by atoms with Gasteiger partial charge in [-0.15, -0.1) is 0 Å². The molecule has 0 radical (unpaired) electrons. The molecular formula is C21H26N6O2. The molecule has 4 rings (SSSR count). The van der Waals surface area contributed by atoms with Crippen LogP contribution in [0.15, 0.2) is 29.2 Å². The molecule has 8 nitrogen and oxygen atoms in total. The van der Waals surface area contributed by atoms with Crippen LogP contribution in [0.2, 0.25) is 0 Å². The van der Waals surface area contributed by atoms with E-state index in [1.165, 1.54) is 4.68 Å². The average Bonchev–Trinajstić information content (AvgIpc) is 3.26. The van der Waals surface area contributed by atoms with Gasteiger partial charge in [0.25, 0.3) is 0 Å². The van der Waals surface area contributed by atoms with Crippen LogP contribution >= 0.6 is 0 Å². The molecule has 0 bridgehead atoms. The monoisotopic (exact) mass is 394 g/mol. The van der Waals surface area contributed by atoms with Crippen LogP contribution in [0.25, 0.3) is 0 Å². The van der Waals surface area contributed by atoms with Gasteiger partial charge < -0.3 is 5.32 Å². The molecular weight excluding hydrogens is 368 g/mol. The van der Waals surface area contributed by atoms with Gasteiger partial charge in [-0.25, -0.2) is 9.48 Å². The normalized spacial score (nSPS) is 15.9. The highest BCUT2D eigenvalue weighted by atomic mass is 16.2. The van der Waals surface area contributed by atoms with Gasteiger partial charge in [-0.2, -0.15) is 10.2 Å². The highest BCUT2D eigenvalue weighted by Crippen LogP contribution is 2.25. The maximum absolute atomic E-state index is 12.9. The van der Waals surface area contributed by atoms with E-state index in [1.54, 1.807) is 10.8 Å². The largest absolute Gasteiger partial charge is 0.351 e. The van der Waals surface area contributed by atoms with Crippen LogP contribution in [0.1, 0.15) is 52.5 Å². The molecule has 1 unspecified atom stereocenters. The number of H-pyrrole nitrogens is 1. The van der Waals surface area contributed by atoms with Crippen LogP contribution < -0.4 is 11.0 Å². The number of nitrogens with one attached hydrogen (secondary N) is 2. The predicted molar refractivity (Wildman–Crippen MR) is 109 cm³/mol. The van der Waals surface area contributed by atoms with Crippen molar-refractivity contribution in [2.45, 2.75) is 59.2 Å². The van der Waals surface area contributed by atoms with Gasteiger partial charge >= 0.3 is 5.69 Å². The van der Waals surface area contributed by atoms with Gasteiger partial charge in [0.15, 0.2) is 0 Å². The second-order valence-corrected chi connectivity index (χ2v) is 7.81. The number of aryl methyl sites for hydroxylation is 3. The first-order valence-corrected chi connectivity index (χ1v) is 9.94. The van der Waals surface area contributed by atoms with Crippen molar-refractivity contribution >= 4 is 5.91 Å². The highest BCUT2D eigenvalue weighted by Gasteiger charge is 2.31. The van der Waals surface area contributed by atoms with E-state index < -0.39 is 5.92 Å². The van der Waals surface area contributed by atoms with Crippen molar-refractivity contribution < 1.29 is 4.79 Å². The molecule has 1 atom stereocenters. The third kappa shape index (κ3) is 3.74. The Morgan fingerprint density at radius 2 is 2.10 bits per heavy atom. The molecule has 1 amide bonds. The highest BCUT2D eigenvalue weighted by molar-refractivity contribution is 5.82. The summed E-state index contributed by atoms with van der Waals surface area (Å²) < 4.78 is 3.14. The van der Waals surface area contributed by atoms with E-state index in [2.05, 4.69) is 38.8 Å². The third-order valence-electron chi connectivity index (χ3n) is 5.67. The SMILES string of the molecule is Cc1ccc(C)c(Cn2nc3n(c2=O)CCCC3C(=O)NCc2cn[nH]c2C)c1. The third-order valence-corrected chi connectivity index (χ3v) is 5.67. The Hall–Kier alpha value is -3.16. The minimum Gasteiger partial charge on any atom is -0.351 e. The van der Waals surface area contributed by atoms with E-state index in [0.29, 0.717) is 31.9 Å². The molecule has 0 aliphatic carbocycles. The zero-order chi connectivity index (χ0) is 20.5. The predicted octanol–water partition coefficient (Wildman–Crippen LogP) is 1.94. The molecule has 152 valence electrons. The Labute approximate surface area is 168 Å². The standard InChI is InChI=1S/C21H26N6O2/c1-13-6-7-14(2)16(9-13)12-27-21(29)26-8-4-5-18(19(26)25-27)20(28)22-10-17-11-23-24-15(17)3/h6-7,9,11,18H,4-5,8,10,12H2,1-3H3,(H,22,28)(H,23,24). The van der Waals surface area contributed by atoms with E-state index in [-0.39, 0.29) is 11.6 Å². The molecule has 3 heterocycles. The number of hydrogen-bond acceptors (Lipinski definition) is 4. The van der Waals surface area contributed by atoms with Gasteiger partial charge in [0.2, 0.25) is 5.91 Å². The second-order valence-electron chi connectivity index (χ2n) is 7.81. The molecule has 0 saturated heterocycles. The summed E-state index contributed by atoms with van der Waals surface area (Å²) in [7, 11) is 0. The van der Waals surface area contributed by atoms with Crippen LogP contribution in [-0.4, -0.2) is 30.5 Å². The Kier molecular flexibility index (Phi) is 5.08. The van der Waals surface area contributed by atoms with E-state index in [4.69, 9.17) is 0 Å². The van der Waals surface area contributed by atoms with E-state index in [0.717, 1.165) is 34.4 Å². The zero-order valence-corrected chi connectivity index (χ0v) is 17.0. The summed E-state index contributed by atoms with van der Waals surface area (Å²) in [5.74, 6) is 0.0481. The van der Waals surface area contributed by atoms with Gasteiger partial charge in [-0.3, -0.25) is 14.5 Å². The first-order valence-electron chi connectivity index (χ1n) is 9.94. The first kappa shape index (κ1) is 19.2. The molecule has 2 aromatic heterocycles. The summed E-state index contributed by atoms with van der Waals surface area (Å²) in [6, 6.07) is 6.19. The van der Waals surface area contributed by atoms with Crippen molar-refractivity contribution in [2.75, 3.05) is 0 Å². The maximum Gasteiger partial charge on any atom is 0.346 e.